The minimum absolute atomic E-state index is 0.00939. The van der Waals surface area contributed by atoms with Crippen LogP contribution in [0.2, 0.25) is 0 Å². The first kappa shape index (κ1) is 17.9. The molecule has 1 aliphatic rings. The molecule has 1 N–H and O–H groups in total. The van der Waals surface area contributed by atoms with Gasteiger partial charge in [0.05, 0.1) is 19.0 Å². The molecule has 4 rings (SSSR count). The van der Waals surface area contributed by atoms with Crippen molar-refractivity contribution in [2.45, 2.75) is 12.5 Å². The summed E-state index contributed by atoms with van der Waals surface area (Å²) in [6.07, 6.45) is 7.82. The van der Waals surface area contributed by atoms with Crippen molar-refractivity contribution in [3.8, 4) is 17.0 Å². The van der Waals surface area contributed by atoms with Crippen LogP contribution >= 0.6 is 0 Å². The molecular formula is C19H21N7O2. The van der Waals surface area contributed by atoms with E-state index in [4.69, 9.17) is 4.74 Å². The van der Waals surface area contributed by atoms with Gasteiger partial charge in [-0.05, 0) is 24.6 Å². The van der Waals surface area contributed by atoms with E-state index in [9.17, 15) is 4.79 Å². The Morgan fingerprint density at radius 1 is 1.29 bits per heavy atom. The van der Waals surface area contributed by atoms with Crippen molar-refractivity contribution in [1.82, 2.24) is 30.0 Å². The Morgan fingerprint density at radius 2 is 2.18 bits per heavy atom. The lowest BCUT2D eigenvalue weighted by Crippen LogP contribution is -2.37. The first-order valence-electron chi connectivity index (χ1n) is 9.01. The summed E-state index contributed by atoms with van der Waals surface area (Å²) >= 11 is 0. The van der Waals surface area contributed by atoms with Crippen LogP contribution in [0, 0.1) is 0 Å². The zero-order chi connectivity index (χ0) is 19.5. The molecule has 1 aliphatic heterocycles. The van der Waals surface area contributed by atoms with Crippen LogP contribution in [-0.4, -0.2) is 56.9 Å². The number of carbonyl (C=O) groups excluding carboxylic acids is 1. The van der Waals surface area contributed by atoms with Crippen LogP contribution in [0.25, 0.3) is 11.3 Å². The maximum Gasteiger partial charge on any atom is 0.274 e. The van der Waals surface area contributed by atoms with Crippen LogP contribution in [0.15, 0.2) is 43.0 Å². The van der Waals surface area contributed by atoms with Crippen LogP contribution in [0.5, 0.6) is 5.75 Å². The number of nitrogens with zero attached hydrogens (tertiary/aromatic N) is 6. The number of carbonyl (C=O) groups is 1. The van der Waals surface area contributed by atoms with Gasteiger partial charge in [0.1, 0.15) is 5.75 Å². The number of pyridine rings is 1. The monoisotopic (exact) mass is 379 g/mol. The lowest BCUT2D eigenvalue weighted by atomic mass is 10.2. The van der Waals surface area contributed by atoms with Crippen molar-refractivity contribution in [2.75, 3.05) is 25.1 Å². The lowest BCUT2D eigenvalue weighted by molar-refractivity contribution is 0.0932. The smallest absolute Gasteiger partial charge is 0.274 e. The number of anilines is 1. The Hall–Kier alpha value is -3.49. The fourth-order valence-electron chi connectivity index (χ4n) is 3.25. The van der Waals surface area contributed by atoms with Crippen molar-refractivity contribution in [2.24, 2.45) is 7.05 Å². The summed E-state index contributed by atoms with van der Waals surface area (Å²) in [6, 6.07) is 5.31. The van der Waals surface area contributed by atoms with Gasteiger partial charge in [0.25, 0.3) is 5.91 Å². The fourth-order valence-corrected chi connectivity index (χ4v) is 3.25. The average molecular weight is 379 g/mol. The molecule has 1 atom stereocenters. The molecule has 0 aliphatic carbocycles. The highest BCUT2D eigenvalue weighted by atomic mass is 16.5. The Balaban J connectivity index is 1.44. The quantitative estimate of drug-likeness (QED) is 0.713. The van der Waals surface area contributed by atoms with E-state index in [1.54, 1.807) is 35.4 Å². The molecule has 1 fully saturated rings. The third kappa shape index (κ3) is 3.64. The first-order valence-corrected chi connectivity index (χ1v) is 9.01. The molecule has 9 nitrogen and oxygen atoms in total. The van der Waals surface area contributed by atoms with Gasteiger partial charge in [-0.2, -0.15) is 5.10 Å². The Labute approximate surface area is 162 Å². The predicted octanol–water partition coefficient (Wildman–Crippen LogP) is 1.29. The van der Waals surface area contributed by atoms with E-state index in [2.05, 4.69) is 30.3 Å². The topological polar surface area (TPSA) is 98.1 Å². The van der Waals surface area contributed by atoms with Gasteiger partial charge in [-0.1, -0.05) is 0 Å². The van der Waals surface area contributed by atoms with Crippen LogP contribution in [-0.2, 0) is 7.05 Å². The third-order valence-electron chi connectivity index (χ3n) is 4.66. The number of methoxy groups -OCH3 is 1. The van der Waals surface area contributed by atoms with Gasteiger partial charge < -0.3 is 15.0 Å². The SMILES string of the molecule is COc1cccnc1C(=O)NC1CCN(c2nccc(-c3cnn(C)c3)n2)C1. The van der Waals surface area contributed by atoms with Crippen molar-refractivity contribution >= 4 is 11.9 Å². The number of amides is 1. The van der Waals surface area contributed by atoms with Gasteiger partial charge in [0.15, 0.2) is 5.69 Å². The summed E-state index contributed by atoms with van der Waals surface area (Å²) in [6.45, 7) is 1.40. The van der Waals surface area contributed by atoms with Crippen molar-refractivity contribution in [1.29, 1.82) is 0 Å². The Morgan fingerprint density at radius 3 is 2.96 bits per heavy atom. The minimum Gasteiger partial charge on any atom is -0.494 e. The molecule has 1 amide bonds. The highest BCUT2D eigenvalue weighted by molar-refractivity contribution is 5.95. The van der Waals surface area contributed by atoms with E-state index in [0.717, 1.165) is 24.2 Å². The Bertz CT molecular complexity index is 988. The molecule has 0 spiro atoms. The minimum atomic E-state index is -0.241. The molecule has 3 aromatic heterocycles. The summed E-state index contributed by atoms with van der Waals surface area (Å²) in [5.41, 5.74) is 2.06. The van der Waals surface area contributed by atoms with E-state index in [-0.39, 0.29) is 11.9 Å². The summed E-state index contributed by atoms with van der Waals surface area (Å²) in [4.78, 5) is 27.8. The van der Waals surface area contributed by atoms with Gasteiger partial charge in [0.2, 0.25) is 5.95 Å². The lowest BCUT2D eigenvalue weighted by Gasteiger charge is -2.17. The molecule has 3 aromatic rings. The fraction of sp³-hybridized carbons (Fsp3) is 0.316. The van der Waals surface area contributed by atoms with E-state index in [1.165, 1.54) is 7.11 Å². The molecule has 4 heterocycles. The van der Waals surface area contributed by atoms with Crippen molar-refractivity contribution in [3.05, 3.63) is 48.7 Å². The van der Waals surface area contributed by atoms with Crippen LogP contribution in [0.4, 0.5) is 5.95 Å². The molecule has 1 saturated heterocycles. The van der Waals surface area contributed by atoms with E-state index in [1.807, 2.05) is 19.3 Å². The number of rotatable bonds is 5. The second-order valence-corrected chi connectivity index (χ2v) is 6.60. The van der Waals surface area contributed by atoms with Crippen LogP contribution in [0.1, 0.15) is 16.9 Å². The molecule has 144 valence electrons. The molecule has 0 aromatic carbocycles. The van der Waals surface area contributed by atoms with Crippen molar-refractivity contribution < 1.29 is 9.53 Å². The number of hydrogen-bond acceptors (Lipinski definition) is 7. The third-order valence-corrected chi connectivity index (χ3v) is 4.66. The molecule has 0 radical (unpaired) electrons. The number of ether oxygens (including phenoxy) is 1. The van der Waals surface area contributed by atoms with Crippen LogP contribution < -0.4 is 15.0 Å². The maximum absolute atomic E-state index is 12.6. The molecule has 28 heavy (non-hydrogen) atoms. The molecular weight excluding hydrogens is 358 g/mol. The zero-order valence-electron chi connectivity index (χ0n) is 15.7. The number of hydrogen-bond donors (Lipinski definition) is 1. The van der Waals surface area contributed by atoms with E-state index < -0.39 is 0 Å². The molecule has 9 heteroatoms. The first-order chi connectivity index (χ1) is 13.6. The molecule has 1 unspecified atom stereocenters. The van der Waals surface area contributed by atoms with Crippen molar-refractivity contribution in [3.63, 3.8) is 0 Å². The maximum atomic E-state index is 12.6. The second-order valence-electron chi connectivity index (χ2n) is 6.60. The number of nitrogens with one attached hydrogen (secondary N) is 1. The van der Waals surface area contributed by atoms with E-state index >= 15 is 0 Å². The second kappa shape index (κ2) is 7.63. The van der Waals surface area contributed by atoms with Crippen LogP contribution in [0.3, 0.4) is 0 Å². The summed E-state index contributed by atoms with van der Waals surface area (Å²) in [5, 5.41) is 7.21. The predicted molar refractivity (Wildman–Crippen MR) is 103 cm³/mol. The molecule has 0 saturated carbocycles. The van der Waals surface area contributed by atoms with Gasteiger partial charge >= 0.3 is 0 Å². The van der Waals surface area contributed by atoms with Gasteiger partial charge in [-0.15, -0.1) is 0 Å². The summed E-state index contributed by atoms with van der Waals surface area (Å²) < 4.78 is 6.96. The van der Waals surface area contributed by atoms with Gasteiger partial charge in [0, 0.05) is 50.3 Å². The van der Waals surface area contributed by atoms with E-state index in [0.29, 0.717) is 23.9 Å². The standard InChI is InChI=1S/C19H21N7O2/c1-25-11-13(10-22-25)15-5-8-21-19(24-15)26-9-6-14(12-26)23-18(27)17-16(28-2)4-3-7-20-17/h3-5,7-8,10-11,14H,6,9,12H2,1-2H3,(H,23,27). The highest BCUT2D eigenvalue weighted by Gasteiger charge is 2.27. The Kier molecular flexibility index (Phi) is 4.88. The average Bonchev–Trinajstić information content (AvgIpc) is 3.37. The highest BCUT2D eigenvalue weighted by Crippen LogP contribution is 2.21. The molecule has 0 bridgehead atoms. The number of aryl methyl sites for hydroxylation is 1. The van der Waals surface area contributed by atoms with Gasteiger partial charge in [-0.3, -0.25) is 9.48 Å². The summed E-state index contributed by atoms with van der Waals surface area (Å²) in [7, 11) is 3.40. The van der Waals surface area contributed by atoms with Gasteiger partial charge in [-0.25, -0.2) is 15.0 Å². The normalized spacial score (nSPS) is 16.2. The largest absolute Gasteiger partial charge is 0.494 e. The zero-order valence-corrected chi connectivity index (χ0v) is 15.7. The number of aromatic nitrogens is 5. The summed E-state index contributed by atoms with van der Waals surface area (Å²) in [5.74, 6) is 0.866.